The Balaban J connectivity index is 1.74. The number of aryl methyl sites for hydroxylation is 1. The summed E-state index contributed by atoms with van der Waals surface area (Å²) >= 11 is 7.37. The fourth-order valence-electron chi connectivity index (χ4n) is 1.80. The first-order valence-corrected chi connectivity index (χ1v) is 8.08. The van der Waals surface area contributed by atoms with Gasteiger partial charge in [0, 0.05) is 30.2 Å². The van der Waals surface area contributed by atoms with Gasteiger partial charge in [-0.05, 0) is 24.6 Å². The summed E-state index contributed by atoms with van der Waals surface area (Å²) in [5, 5.41) is 11.6. The van der Waals surface area contributed by atoms with Crippen LogP contribution in [0.15, 0.2) is 41.8 Å². The van der Waals surface area contributed by atoms with Gasteiger partial charge in [-0.1, -0.05) is 35.5 Å². The van der Waals surface area contributed by atoms with Crippen molar-refractivity contribution < 1.29 is 9.84 Å². The molecule has 0 aliphatic rings. The van der Waals surface area contributed by atoms with Crippen LogP contribution in [-0.4, -0.2) is 33.1 Å². The number of nitrogens with zero attached hydrogens (tertiary/aromatic N) is 2. The number of hydrogen-bond donors (Lipinski definition) is 1. The Labute approximate surface area is 134 Å². The maximum Gasteiger partial charge on any atom is 0.167 e. The van der Waals surface area contributed by atoms with Crippen LogP contribution in [0, 0.1) is 0 Å². The molecule has 0 saturated carbocycles. The van der Waals surface area contributed by atoms with Crippen LogP contribution >= 0.6 is 23.4 Å². The van der Waals surface area contributed by atoms with Gasteiger partial charge < -0.3 is 14.4 Å². The average Bonchev–Trinajstić information content (AvgIpc) is 2.88. The summed E-state index contributed by atoms with van der Waals surface area (Å²) < 4.78 is 7.62. The van der Waals surface area contributed by atoms with Gasteiger partial charge in [-0.25, -0.2) is 4.98 Å². The number of thioether (sulfide) groups is 1. The Kier molecular flexibility index (Phi) is 6.11. The summed E-state index contributed by atoms with van der Waals surface area (Å²) in [5.41, 5.74) is 1.04. The van der Waals surface area contributed by atoms with Gasteiger partial charge in [0.15, 0.2) is 5.16 Å². The van der Waals surface area contributed by atoms with Crippen molar-refractivity contribution in [2.24, 2.45) is 7.05 Å². The van der Waals surface area contributed by atoms with Crippen molar-refractivity contribution in [3.05, 3.63) is 47.2 Å². The Morgan fingerprint density at radius 1 is 1.38 bits per heavy atom. The number of rotatable bonds is 7. The van der Waals surface area contributed by atoms with E-state index < -0.39 is 6.10 Å². The number of halogens is 1. The molecule has 4 nitrogen and oxygen atoms in total. The fourth-order valence-corrected chi connectivity index (χ4v) is 2.76. The highest BCUT2D eigenvalue weighted by Gasteiger charge is 2.11. The number of imidazole rings is 1. The molecule has 21 heavy (non-hydrogen) atoms. The van der Waals surface area contributed by atoms with Crippen LogP contribution in [-0.2, 0) is 11.8 Å². The van der Waals surface area contributed by atoms with Crippen LogP contribution in [0.3, 0.4) is 0 Å². The van der Waals surface area contributed by atoms with E-state index in [4.69, 9.17) is 16.3 Å². The zero-order valence-corrected chi connectivity index (χ0v) is 13.6. The highest BCUT2D eigenvalue weighted by atomic mass is 35.5. The Morgan fingerprint density at radius 3 is 2.71 bits per heavy atom. The lowest BCUT2D eigenvalue weighted by molar-refractivity contribution is 0.00621. The van der Waals surface area contributed by atoms with E-state index in [1.54, 1.807) is 6.20 Å². The quantitative estimate of drug-likeness (QED) is 0.793. The molecule has 0 fully saturated rings. The van der Waals surface area contributed by atoms with Crippen molar-refractivity contribution in [2.75, 3.05) is 12.4 Å². The van der Waals surface area contributed by atoms with E-state index in [0.29, 0.717) is 17.4 Å². The van der Waals surface area contributed by atoms with Crippen molar-refractivity contribution in [3.63, 3.8) is 0 Å². The minimum atomic E-state index is -0.526. The molecule has 0 bridgehead atoms. The molecule has 1 N–H and O–H groups in total. The second kappa shape index (κ2) is 7.84. The van der Waals surface area contributed by atoms with Crippen LogP contribution in [0.5, 0.6) is 0 Å². The second-order valence-corrected chi connectivity index (χ2v) is 6.24. The zero-order chi connectivity index (χ0) is 15.2. The summed E-state index contributed by atoms with van der Waals surface area (Å²) in [7, 11) is 1.93. The van der Waals surface area contributed by atoms with E-state index in [0.717, 1.165) is 10.7 Å². The highest BCUT2D eigenvalue weighted by molar-refractivity contribution is 7.99. The second-order valence-electron chi connectivity index (χ2n) is 4.81. The number of hydrogen-bond acceptors (Lipinski definition) is 4. The van der Waals surface area contributed by atoms with Gasteiger partial charge in [0.2, 0.25) is 0 Å². The van der Waals surface area contributed by atoms with Crippen LogP contribution in [0.2, 0.25) is 5.02 Å². The minimum absolute atomic E-state index is 0.0740. The maximum absolute atomic E-state index is 9.97. The smallest absolute Gasteiger partial charge is 0.167 e. The van der Waals surface area contributed by atoms with E-state index in [1.807, 2.05) is 49.0 Å². The molecule has 114 valence electrons. The van der Waals surface area contributed by atoms with Crippen LogP contribution < -0.4 is 0 Å². The molecule has 0 unspecified atom stereocenters. The van der Waals surface area contributed by atoms with Gasteiger partial charge in [0.1, 0.15) is 0 Å². The molecule has 1 heterocycles. The van der Waals surface area contributed by atoms with Gasteiger partial charge in [-0.3, -0.25) is 0 Å². The van der Waals surface area contributed by atoms with Crippen LogP contribution in [0.1, 0.15) is 18.6 Å². The molecular weight excluding hydrogens is 308 g/mol. The molecule has 6 heteroatoms. The molecule has 2 atom stereocenters. The van der Waals surface area contributed by atoms with Gasteiger partial charge >= 0.3 is 0 Å². The summed E-state index contributed by atoms with van der Waals surface area (Å²) in [6, 6.07) is 7.54. The topological polar surface area (TPSA) is 47.3 Å². The van der Waals surface area contributed by atoms with Crippen LogP contribution in [0.4, 0.5) is 0 Å². The fraction of sp³-hybridized carbons (Fsp3) is 0.400. The summed E-state index contributed by atoms with van der Waals surface area (Å²) in [4.78, 5) is 4.20. The summed E-state index contributed by atoms with van der Waals surface area (Å²) in [6.07, 6.45) is 3.03. The molecule has 2 aromatic rings. The largest absolute Gasteiger partial charge is 0.390 e. The number of benzene rings is 1. The molecule has 1 aromatic heterocycles. The van der Waals surface area contributed by atoms with Gasteiger partial charge in [-0.2, -0.15) is 0 Å². The predicted octanol–water partition coefficient (Wildman–Crippen LogP) is 3.30. The summed E-state index contributed by atoms with van der Waals surface area (Å²) in [6.45, 7) is 2.25. The van der Waals surface area contributed by atoms with Crippen molar-refractivity contribution in [1.29, 1.82) is 0 Å². The van der Waals surface area contributed by atoms with E-state index >= 15 is 0 Å². The lowest BCUT2D eigenvalue weighted by Crippen LogP contribution is -2.19. The van der Waals surface area contributed by atoms with Crippen molar-refractivity contribution >= 4 is 23.4 Å². The molecule has 0 saturated heterocycles. The predicted molar refractivity (Wildman–Crippen MR) is 85.8 cm³/mol. The van der Waals surface area contributed by atoms with Gasteiger partial charge in [0.05, 0.1) is 18.8 Å². The molecular formula is C15H19ClN2O2S. The highest BCUT2D eigenvalue weighted by Crippen LogP contribution is 2.20. The molecule has 2 rings (SSSR count). The minimum Gasteiger partial charge on any atom is -0.390 e. The number of aromatic nitrogens is 2. The Bertz CT molecular complexity index is 559. The van der Waals surface area contributed by atoms with E-state index in [2.05, 4.69) is 4.98 Å². The first kappa shape index (κ1) is 16.4. The number of ether oxygens (including phenoxy) is 1. The van der Waals surface area contributed by atoms with E-state index in [-0.39, 0.29) is 6.10 Å². The standard InChI is InChI=1S/C15H19ClN2O2S/c1-11(12-3-5-13(16)6-4-12)20-9-14(19)10-21-15-17-7-8-18(15)2/h3-8,11,14,19H,9-10H2,1-2H3/t11-,14+/m0/s1. The lowest BCUT2D eigenvalue weighted by Gasteiger charge is -2.16. The zero-order valence-electron chi connectivity index (χ0n) is 12.1. The average molecular weight is 327 g/mol. The maximum atomic E-state index is 9.97. The molecule has 0 aliphatic carbocycles. The third-order valence-corrected chi connectivity index (χ3v) is 4.51. The molecule has 0 aliphatic heterocycles. The molecule has 0 amide bonds. The monoisotopic (exact) mass is 326 g/mol. The lowest BCUT2D eigenvalue weighted by atomic mass is 10.1. The Morgan fingerprint density at radius 2 is 2.10 bits per heavy atom. The summed E-state index contributed by atoms with van der Waals surface area (Å²) in [5.74, 6) is 0.554. The normalized spacial score (nSPS) is 14.1. The van der Waals surface area contributed by atoms with Gasteiger partial charge in [-0.15, -0.1) is 0 Å². The van der Waals surface area contributed by atoms with Crippen LogP contribution in [0.25, 0.3) is 0 Å². The third kappa shape index (κ3) is 5.04. The number of aliphatic hydroxyl groups is 1. The SMILES string of the molecule is C[C@H](OC[C@@H](O)CSc1nccn1C)c1ccc(Cl)cc1. The van der Waals surface area contributed by atoms with E-state index in [1.165, 1.54) is 11.8 Å². The molecule has 0 radical (unpaired) electrons. The van der Waals surface area contributed by atoms with Crippen molar-refractivity contribution in [3.8, 4) is 0 Å². The first-order chi connectivity index (χ1) is 10.1. The molecule has 1 aromatic carbocycles. The van der Waals surface area contributed by atoms with Crippen molar-refractivity contribution in [2.45, 2.75) is 24.3 Å². The third-order valence-electron chi connectivity index (χ3n) is 3.06. The molecule has 0 spiro atoms. The first-order valence-electron chi connectivity index (χ1n) is 6.71. The van der Waals surface area contributed by atoms with Crippen molar-refractivity contribution in [1.82, 2.24) is 9.55 Å². The van der Waals surface area contributed by atoms with E-state index in [9.17, 15) is 5.11 Å². The Hall–Kier alpha value is -1.01. The number of aliphatic hydroxyl groups excluding tert-OH is 1. The van der Waals surface area contributed by atoms with Gasteiger partial charge in [0.25, 0.3) is 0 Å².